The number of hydrogen-bond donors (Lipinski definition) is 1. The smallest absolute Gasteiger partial charge is 0.243 e. The summed E-state index contributed by atoms with van der Waals surface area (Å²) in [6.07, 6.45) is 1.03. The first-order valence-corrected chi connectivity index (χ1v) is 9.12. The molecule has 0 radical (unpaired) electrons. The fourth-order valence-corrected chi connectivity index (χ4v) is 2.74. The summed E-state index contributed by atoms with van der Waals surface area (Å²) in [5.74, 6) is -0.552. The van der Waals surface area contributed by atoms with Gasteiger partial charge in [0.15, 0.2) is 5.78 Å². The summed E-state index contributed by atoms with van der Waals surface area (Å²) in [7, 11) is 1.57. The third-order valence-corrected chi connectivity index (χ3v) is 4.42. The third-order valence-electron chi connectivity index (χ3n) is 4.42. The van der Waals surface area contributed by atoms with Gasteiger partial charge in [-0.05, 0) is 25.0 Å². The van der Waals surface area contributed by atoms with Gasteiger partial charge in [-0.25, -0.2) is 0 Å². The highest BCUT2D eigenvalue weighted by atomic mass is 16.2. The van der Waals surface area contributed by atoms with Crippen LogP contribution in [0, 0.1) is 6.92 Å². The van der Waals surface area contributed by atoms with E-state index < -0.39 is 0 Å². The summed E-state index contributed by atoms with van der Waals surface area (Å²) in [6.45, 7) is 3.93. The maximum Gasteiger partial charge on any atom is 0.243 e. The van der Waals surface area contributed by atoms with Crippen molar-refractivity contribution in [3.05, 3.63) is 65.2 Å². The van der Waals surface area contributed by atoms with E-state index in [1.165, 1.54) is 4.90 Å². The number of nitrogens with one attached hydrogen (secondary N) is 1. The van der Waals surface area contributed by atoms with Gasteiger partial charge in [-0.3, -0.25) is 14.4 Å². The number of ketones is 1. The molecule has 0 aliphatic heterocycles. The van der Waals surface area contributed by atoms with Crippen molar-refractivity contribution < 1.29 is 14.4 Å². The lowest BCUT2D eigenvalue weighted by molar-refractivity contribution is -0.133. The van der Waals surface area contributed by atoms with E-state index in [0.29, 0.717) is 5.56 Å². The van der Waals surface area contributed by atoms with Crippen LogP contribution in [0.25, 0.3) is 0 Å². The lowest BCUT2D eigenvalue weighted by Gasteiger charge is -2.17. The minimum atomic E-state index is -0.253. The van der Waals surface area contributed by atoms with Gasteiger partial charge in [-0.2, -0.15) is 0 Å². The van der Waals surface area contributed by atoms with Gasteiger partial charge >= 0.3 is 0 Å². The molecule has 27 heavy (non-hydrogen) atoms. The van der Waals surface area contributed by atoms with Crippen LogP contribution >= 0.6 is 0 Å². The number of nitrogens with zero attached hydrogens (tertiary/aromatic N) is 1. The van der Waals surface area contributed by atoms with E-state index in [4.69, 9.17) is 0 Å². The largest absolute Gasteiger partial charge is 0.336 e. The van der Waals surface area contributed by atoms with Crippen LogP contribution in [0.5, 0.6) is 0 Å². The van der Waals surface area contributed by atoms with Crippen LogP contribution in [0.2, 0.25) is 0 Å². The minimum Gasteiger partial charge on any atom is -0.336 e. The Morgan fingerprint density at radius 2 is 1.63 bits per heavy atom. The predicted molar refractivity (Wildman–Crippen MR) is 107 cm³/mol. The molecule has 1 N–H and O–H groups in total. The minimum absolute atomic E-state index is 0.0460. The van der Waals surface area contributed by atoms with Gasteiger partial charge in [0, 0.05) is 31.1 Å². The molecule has 0 atom stereocenters. The SMILES string of the molecule is CCc1ccccc1NC(=O)CN(C)C(=O)CCC(=O)c1ccc(C)cc1. The summed E-state index contributed by atoms with van der Waals surface area (Å²) in [4.78, 5) is 38.0. The number of benzene rings is 2. The Balaban J connectivity index is 1.83. The molecule has 2 amide bonds. The molecule has 0 aromatic heterocycles. The lowest BCUT2D eigenvalue weighted by Crippen LogP contribution is -2.35. The number of carbonyl (C=O) groups is 3. The molecule has 0 aliphatic rings. The molecular formula is C22H26N2O3. The summed E-state index contributed by atoms with van der Waals surface area (Å²) < 4.78 is 0. The molecule has 5 nitrogen and oxygen atoms in total. The van der Waals surface area contributed by atoms with E-state index in [1.54, 1.807) is 19.2 Å². The van der Waals surface area contributed by atoms with Gasteiger partial charge < -0.3 is 10.2 Å². The standard InChI is InChI=1S/C22H26N2O3/c1-4-17-7-5-6-8-19(17)23-21(26)15-24(3)22(27)14-13-20(25)18-11-9-16(2)10-12-18/h5-12H,4,13-15H2,1-3H3,(H,23,26). The normalized spacial score (nSPS) is 10.3. The number of hydrogen-bond acceptors (Lipinski definition) is 3. The quantitative estimate of drug-likeness (QED) is 0.726. The van der Waals surface area contributed by atoms with Crippen LogP contribution in [0.3, 0.4) is 0 Å². The number of aryl methyl sites for hydroxylation is 2. The van der Waals surface area contributed by atoms with Crippen LogP contribution in [-0.4, -0.2) is 36.1 Å². The molecule has 0 saturated carbocycles. The average molecular weight is 366 g/mol. The number of rotatable bonds is 8. The first-order valence-electron chi connectivity index (χ1n) is 9.12. The third kappa shape index (κ3) is 6.06. The number of amides is 2. The molecular weight excluding hydrogens is 340 g/mol. The number of para-hydroxylation sites is 1. The number of Topliss-reactive ketones (excluding diaryl/α,β-unsaturated/α-hetero) is 1. The van der Waals surface area contributed by atoms with Crippen molar-refractivity contribution in [1.82, 2.24) is 4.90 Å². The molecule has 142 valence electrons. The maximum atomic E-state index is 12.2. The topological polar surface area (TPSA) is 66.5 Å². The van der Waals surface area contributed by atoms with Crippen LogP contribution < -0.4 is 5.32 Å². The zero-order chi connectivity index (χ0) is 19.8. The molecule has 0 spiro atoms. The van der Waals surface area contributed by atoms with E-state index >= 15 is 0 Å². The van der Waals surface area contributed by atoms with Crippen molar-refractivity contribution in [3.8, 4) is 0 Å². The Morgan fingerprint density at radius 1 is 0.963 bits per heavy atom. The van der Waals surface area contributed by atoms with Gasteiger partial charge in [0.2, 0.25) is 11.8 Å². The second-order valence-corrected chi connectivity index (χ2v) is 6.60. The molecule has 0 fully saturated rings. The second-order valence-electron chi connectivity index (χ2n) is 6.60. The van der Waals surface area contributed by atoms with Crippen molar-refractivity contribution in [2.24, 2.45) is 0 Å². The molecule has 0 unspecified atom stereocenters. The van der Waals surface area contributed by atoms with Crippen LogP contribution in [0.4, 0.5) is 5.69 Å². The fourth-order valence-electron chi connectivity index (χ4n) is 2.74. The average Bonchev–Trinajstić information content (AvgIpc) is 2.66. The second kappa shape index (κ2) is 9.67. The number of anilines is 1. The zero-order valence-corrected chi connectivity index (χ0v) is 16.1. The molecule has 0 heterocycles. The van der Waals surface area contributed by atoms with E-state index in [1.807, 2.05) is 50.2 Å². The Morgan fingerprint density at radius 3 is 2.30 bits per heavy atom. The number of carbonyl (C=O) groups excluding carboxylic acids is 3. The van der Waals surface area contributed by atoms with Crippen LogP contribution in [0.1, 0.15) is 41.3 Å². The van der Waals surface area contributed by atoms with Crippen LogP contribution in [-0.2, 0) is 16.0 Å². The Hall–Kier alpha value is -2.95. The Kier molecular flexibility index (Phi) is 7.29. The molecule has 2 aromatic carbocycles. The van der Waals surface area contributed by atoms with Gasteiger partial charge in [0.05, 0.1) is 6.54 Å². The first-order chi connectivity index (χ1) is 12.9. The molecule has 2 aromatic rings. The van der Waals surface area contributed by atoms with Crippen molar-refractivity contribution in [2.75, 3.05) is 18.9 Å². The van der Waals surface area contributed by atoms with Crippen LogP contribution in [0.15, 0.2) is 48.5 Å². The Bertz CT molecular complexity index is 813. The fraction of sp³-hybridized carbons (Fsp3) is 0.318. The highest BCUT2D eigenvalue weighted by Gasteiger charge is 2.16. The van der Waals surface area contributed by atoms with Gasteiger partial charge in [-0.15, -0.1) is 0 Å². The molecule has 0 bridgehead atoms. The monoisotopic (exact) mass is 366 g/mol. The van der Waals surface area contributed by atoms with E-state index in [0.717, 1.165) is 23.2 Å². The summed E-state index contributed by atoms with van der Waals surface area (Å²) >= 11 is 0. The summed E-state index contributed by atoms with van der Waals surface area (Å²) in [5, 5.41) is 2.84. The van der Waals surface area contributed by atoms with Crippen molar-refractivity contribution in [1.29, 1.82) is 0 Å². The van der Waals surface area contributed by atoms with E-state index in [-0.39, 0.29) is 37.0 Å². The van der Waals surface area contributed by atoms with E-state index in [2.05, 4.69) is 5.32 Å². The molecule has 2 rings (SSSR count). The van der Waals surface area contributed by atoms with E-state index in [9.17, 15) is 14.4 Å². The van der Waals surface area contributed by atoms with Crippen molar-refractivity contribution in [2.45, 2.75) is 33.1 Å². The predicted octanol–water partition coefficient (Wildman–Crippen LogP) is 3.62. The molecule has 0 aliphatic carbocycles. The number of likely N-dealkylation sites (N-methyl/N-ethyl adjacent to an activating group) is 1. The summed E-state index contributed by atoms with van der Waals surface area (Å²) in [5.41, 5.74) is 3.49. The summed E-state index contributed by atoms with van der Waals surface area (Å²) in [6, 6.07) is 14.9. The molecule has 5 heteroatoms. The molecule has 0 saturated heterocycles. The highest BCUT2D eigenvalue weighted by molar-refractivity contribution is 5.99. The lowest BCUT2D eigenvalue weighted by atomic mass is 10.0. The van der Waals surface area contributed by atoms with Crippen molar-refractivity contribution >= 4 is 23.3 Å². The van der Waals surface area contributed by atoms with Gasteiger partial charge in [0.1, 0.15) is 0 Å². The Labute approximate surface area is 160 Å². The van der Waals surface area contributed by atoms with Gasteiger partial charge in [0.25, 0.3) is 0 Å². The van der Waals surface area contributed by atoms with Crippen molar-refractivity contribution in [3.63, 3.8) is 0 Å². The maximum absolute atomic E-state index is 12.2. The highest BCUT2D eigenvalue weighted by Crippen LogP contribution is 2.15. The first kappa shape index (κ1) is 20.4. The van der Waals surface area contributed by atoms with Gasteiger partial charge in [-0.1, -0.05) is 55.0 Å². The zero-order valence-electron chi connectivity index (χ0n) is 16.1.